The predicted molar refractivity (Wildman–Crippen MR) is 69.0 cm³/mol. The zero-order chi connectivity index (χ0) is 12.5. The molecule has 2 aromatic heterocycles. The van der Waals surface area contributed by atoms with Crippen LogP contribution in [0.25, 0.3) is 11.6 Å². The highest BCUT2D eigenvalue weighted by atomic mass is 16.3. The van der Waals surface area contributed by atoms with Gasteiger partial charge in [-0.25, -0.2) is 9.97 Å². The lowest BCUT2D eigenvalue weighted by atomic mass is 10.1. The number of nitrogens with one attached hydrogen (secondary N) is 1. The third-order valence-electron chi connectivity index (χ3n) is 3.32. The lowest BCUT2D eigenvalue weighted by molar-refractivity contribution is 0.574. The van der Waals surface area contributed by atoms with Gasteiger partial charge in [-0.2, -0.15) is 0 Å². The van der Waals surface area contributed by atoms with Gasteiger partial charge in [0.25, 0.3) is 0 Å². The average Bonchev–Trinajstić information content (AvgIpc) is 2.97. The lowest BCUT2D eigenvalue weighted by Crippen LogP contribution is -2.03. The van der Waals surface area contributed by atoms with E-state index in [1.165, 1.54) is 11.3 Å². The van der Waals surface area contributed by atoms with Gasteiger partial charge in [-0.1, -0.05) is 13.3 Å². The smallest absolute Gasteiger partial charge is 0.196 e. The average molecular weight is 243 g/mol. The van der Waals surface area contributed by atoms with Gasteiger partial charge in [0.05, 0.1) is 12.0 Å². The number of nitrogens with zero attached hydrogens (tertiary/aromatic N) is 2. The Bertz CT molecular complexity index is 574. The number of furan rings is 1. The largest absolute Gasteiger partial charge is 0.461 e. The molecule has 0 bridgehead atoms. The minimum Gasteiger partial charge on any atom is -0.461 e. The molecule has 0 saturated carbocycles. The van der Waals surface area contributed by atoms with Crippen molar-refractivity contribution in [2.24, 2.45) is 0 Å². The molecule has 94 valence electrons. The van der Waals surface area contributed by atoms with E-state index in [2.05, 4.69) is 17.2 Å². The van der Waals surface area contributed by atoms with E-state index < -0.39 is 0 Å². The molecule has 1 aliphatic rings. The Morgan fingerprint density at radius 1 is 1.33 bits per heavy atom. The van der Waals surface area contributed by atoms with Gasteiger partial charge in [-0.05, 0) is 25.0 Å². The summed E-state index contributed by atoms with van der Waals surface area (Å²) < 4.78 is 5.50. The molecule has 18 heavy (non-hydrogen) atoms. The molecule has 4 nitrogen and oxygen atoms in total. The van der Waals surface area contributed by atoms with E-state index >= 15 is 0 Å². The maximum atomic E-state index is 5.50. The maximum Gasteiger partial charge on any atom is 0.196 e. The molecule has 1 N–H and O–H groups in total. The lowest BCUT2D eigenvalue weighted by Gasteiger charge is -2.08. The molecule has 3 rings (SSSR count). The zero-order valence-electron chi connectivity index (χ0n) is 10.8. The first-order valence-corrected chi connectivity index (χ1v) is 6.43. The first-order valence-electron chi connectivity index (χ1n) is 6.43. The second-order valence-corrected chi connectivity index (χ2v) is 4.71. The second kappa shape index (κ2) is 4.53. The van der Waals surface area contributed by atoms with Crippen LogP contribution >= 0.6 is 0 Å². The Labute approximate surface area is 106 Å². The summed E-state index contributed by atoms with van der Waals surface area (Å²) in [7, 11) is 0. The van der Waals surface area contributed by atoms with Gasteiger partial charge >= 0.3 is 0 Å². The third-order valence-corrected chi connectivity index (χ3v) is 3.32. The van der Waals surface area contributed by atoms with Crippen molar-refractivity contribution in [2.75, 3.05) is 0 Å². The molecule has 0 radical (unpaired) electrons. The van der Waals surface area contributed by atoms with Crippen LogP contribution in [0.3, 0.4) is 0 Å². The molecule has 4 heteroatoms. The first kappa shape index (κ1) is 11.4. The number of aromatic nitrogens is 2. The molecule has 0 fully saturated rings. The van der Waals surface area contributed by atoms with E-state index in [0.29, 0.717) is 0 Å². The predicted octanol–water partition coefficient (Wildman–Crippen LogP) is 2.60. The van der Waals surface area contributed by atoms with Gasteiger partial charge in [0, 0.05) is 24.3 Å². The number of aryl methyl sites for hydroxylation is 2. The molecule has 0 aliphatic carbocycles. The van der Waals surface area contributed by atoms with Gasteiger partial charge in [-0.3, -0.25) is 0 Å². The molecule has 0 saturated heterocycles. The standard InChI is InChI=1S/C14H17N3O/c1-3-4-11-10-7-15-8-12(10)17-14(16-11)13-9(2)5-6-18-13/h5-6,15H,3-4,7-8H2,1-2H3. The Morgan fingerprint density at radius 2 is 2.22 bits per heavy atom. The summed E-state index contributed by atoms with van der Waals surface area (Å²) in [6, 6.07) is 1.95. The molecule has 1 aliphatic heterocycles. The van der Waals surface area contributed by atoms with Crippen LogP contribution in [0.2, 0.25) is 0 Å². The number of rotatable bonds is 3. The topological polar surface area (TPSA) is 51.0 Å². The number of fused-ring (bicyclic) bond motifs is 1. The number of hydrogen-bond acceptors (Lipinski definition) is 4. The highest BCUT2D eigenvalue weighted by molar-refractivity contribution is 5.53. The summed E-state index contributed by atoms with van der Waals surface area (Å²) in [4.78, 5) is 9.32. The van der Waals surface area contributed by atoms with Crippen molar-refractivity contribution >= 4 is 0 Å². The molecule has 0 atom stereocenters. The SMILES string of the molecule is CCCc1nc(-c2occc2C)nc2c1CNC2. The van der Waals surface area contributed by atoms with Crippen molar-refractivity contribution < 1.29 is 4.42 Å². The van der Waals surface area contributed by atoms with Crippen LogP contribution in [0.15, 0.2) is 16.7 Å². The Hall–Kier alpha value is -1.68. The van der Waals surface area contributed by atoms with E-state index in [4.69, 9.17) is 9.40 Å². The maximum absolute atomic E-state index is 5.50. The first-order chi connectivity index (χ1) is 8.79. The van der Waals surface area contributed by atoms with Gasteiger partial charge in [0.1, 0.15) is 0 Å². The normalized spacial score (nSPS) is 13.9. The molecule has 2 aromatic rings. The van der Waals surface area contributed by atoms with Gasteiger partial charge < -0.3 is 9.73 Å². The summed E-state index contributed by atoms with van der Waals surface area (Å²) in [6.07, 6.45) is 3.79. The fourth-order valence-electron chi connectivity index (χ4n) is 2.39. The van der Waals surface area contributed by atoms with Crippen LogP contribution in [0, 0.1) is 6.92 Å². The highest BCUT2D eigenvalue weighted by Gasteiger charge is 2.20. The van der Waals surface area contributed by atoms with Crippen molar-refractivity contribution in [3.8, 4) is 11.6 Å². The van der Waals surface area contributed by atoms with Crippen LogP contribution in [0.1, 0.15) is 35.9 Å². The van der Waals surface area contributed by atoms with Crippen molar-refractivity contribution in [3.05, 3.63) is 34.8 Å². The fourth-order valence-corrected chi connectivity index (χ4v) is 2.39. The van der Waals surface area contributed by atoms with E-state index in [9.17, 15) is 0 Å². The molecular weight excluding hydrogens is 226 g/mol. The van der Waals surface area contributed by atoms with Crippen LogP contribution in [0.4, 0.5) is 0 Å². The summed E-state index contributed by atoms with van der Waals surface area (Å²) in [5.41, 5.74) is 4.66. The number of hydrogen-bond donors (Lipinski definition) is 1. The minimum atomic E-state index is 0.725. The monoisotopic (exact) mass is 243 g/mol. The van der Waals surface area contributed by atoms with Gasteiger partial charge in [0.2, 0.25) is 0 Å². The van der Waals surface area contributed by atoms with E-state index in [1.54, 1.807) is 6.26 Å². The summed E-state index contributed by atoms with van der Waals surface area (Å²) in [5, 5.41) is 3.34. The van der Waals surface area contributed by atoms with E-state index in [0.717, 1.165) is 48.8 Å². The van der Waals surface area contributed by atoms with E-state index in [-0.39, 0.29) is 0 Å². The van der Waals surface area contributed by atoms with E-state index in [1.807, 2.05) is 13.0 Å². The molecule has 0 spiro atoms. The van der Waals surface area contributed by atoms with Crippen molar-refractivity contribution in [3.63, 3.8) is 0 Å². The Balaban J connectivity index is 2.12. The fraction of sp³-hybridized carbons (Fsp3) is 0.429. The molecule has 0 aromatic carbocycles. The third kappa shape index (κ3) is 1.82. The van der Waals surface area contributed by atoms with Gasteiger partial charge in [-0.15, -0.1) is 0 Å². The molecule has 3 heterocycles. The highest BCUT2D eigenvalue weighted by Crippen LogP contribution is 2.25. The molecular formula is C14H17N3O. The van der Waals surface area contributed by atoms with Crippen LogP contribution in [-0.4, -0.2) is 9.97 Å². The van der Waals surface area contributed by atoms with Crippen molar-refractivity contribution in [1.82, 2.24) is 15.3 Å². The van der Waals surface area contributed by atoms with Crippen LogP contribution in [-0.2, 0) is 19.5 Å². The quantitative estimate of drug-likeness (QED) is 0.900. The Kier molecular flexibility index (Phi) is 2.88. The summed E-state index contributed by atoms with van der Waals surface area (Å²) >= 11 is 0. The molecule has 0 amide bonds. The van der Waals surface area contributed by atoms with Crippen LogP contribution in [0.5, 0.6) is 0 Å². The Morgan fingerprint density at radius 3 is 2.94 bits per heavy atom. The van der Waals surface area contributed by atoms with Crippen LogP contribution < -0.4 is 5.32 Å². The van der Waals surface area contributed by atoms with Crippen molar-refractivity contribution in [1.29, 1.82) is 0 Å². The molecule has 0 unspecified atom stereocenters. The summed E-state index contributed by atoms with van der Waals surface area (Å²) in [5.74, 6) is 1.52. The zero-order valence-corrected chi connectivity index (χ0v) is 10.8. The van der Waals surface area contributed by atoms with Gasteiger partial charge in [0.15, 0.2) is 11.6 Å². The summed E-state index contributed by atoms with van der Waals surface area (Å²) in [6.45, 7) is 5.92. The minimum absolute atomic E-state index is 0.725. The van der Waals surface area contributed by atoms with Crippen molar-refractivity contribution in [2.45, 2.75) is 39.8 Å². The second-order valence-electron chi connectivity index (χ2n) is 4.71.